The second kappa shape index (κ2) is 20.5. The van der Waals surface area contributed by atoms with Crippen LogP contribution in [0.4, 0.5) is 0 Å². The zero-order chi connectivity index (χ0) is 32.3. The van der Waals surface area contributed by atoms with Crippen molar-refractivity contribution < 1.29 is 29.1 Å². The van der Waals surface area contributed by atoms with E-state index in [9.17, 15) is 29.1 Å². The van der Waals surface area contributed by atoms with Crippen LogP contribution in [-0.2, 0) is 30.4 Å². The summed E-state index contributed by atoms with van der Waals surface area (Å²) in [5, 5.41) is 17.6. The summed E-state index contributed by atoms with van der Waals surface area (Å²) in [4.78, 5) is 64.6. The Hall–Kier alpha value is -3.43. The Morgan fingerprint density at radius 3 is 2.00 bits per heavy atom. The molecule has 0 unspecified atom stereocenters. The molecule has 1 aliphatic rings. The molecular weight excluding hydrogens is 560 g/mol. The molecule has 1 saturated heterocycles. The number of hydrogen-bond acceptors (Lipinski definition) is 5. The van der Waals surface area contributed by atoms with Crippen molar-refractivity contribution in [2.45, 2.75) is 141 Å². The second-order valence-corrected chi connectivity index (χ2v) is 12.1. The van der Waals surface area contributed by atoms with E-state index >= 15 is 0 Å². The molecule has 4 atom stereocenters. The Kier molecular flexibility index (Phi) is 17.1. The van der Waals surface area contributed by atoms with Crippen molar-refractivity contribution in [3.8, 4) is 0 Å². The average molecular weight is 615 g/mol. The Balaban J connectivity index is 1.71. The molecule has 0 aliphatic carbocycles. The van der Waals surface area contributed by atoms with Gasteiger partial charge in [0.05, 0.1) is 0 Å². The lowest BCUT2D eigenvalue weighted by molar-refractivity contribution is -0.144. The second-order valence-electron chi connectivity index (χ2n) is 12.1. The highest BCUT2D eigenvalue weighted by molar-refractivity contribution is 5.95. The predicted octanol–water partition coefficient (Wildman–Crippen LogP) is 4.50. The van der Waals surface area contributed by atoms with Crippen LogP contribution in [0.25, 0.3) is 0 Å². The molecule has 4 amide bonds. The largest absolute Gasteiger partial charge is 0.480 e. The molecule has 4 N–H and O–H groups in total. The number of carboxylic acid groups (broad SMARTS) is 1. The Bertz CT molecular complexity index is 1050. The number of nitrogens with zero attached hydrogens (tertiary/aromatic N) is 1. The summed E-state index contributed by atoms with van der Waals surface area (Å²) < 4.78 is 0. The topological polar surface area (TPSA) is 145 Å². The molecule has 10 nitrogen and oxygen atoms in total. The van der Waals surface area contributed by atoms with E-state index in [-0.39, 0.29) is 12.3 Å². The maximum absolute atomic E-state index is 13.2. The van der Waals surface area contributed by atoms with Crippen molar-refractivity contribution in [3.05, 3.63) is 35.9 Å². The average Bonchev–Trinajstić information content (AvgIpc) is 3.49. The smallest absolute Gasteiger partial charge is 0.326 e. The van der Waals surface area contributed by atoms with E-state index in [1.807, 2.05) is 6.07 Å². The summed E-state index contributed by atoms with van der Waals surface area (Å²) in [6.45, 7) is 5.68. The minimum atomic E-state index is -1.15. The number of rotatable bonds is 21. The first-order valence-corrected chi connectivity index (χ1v) is 16.6. The minimum absolute atomic E-state index is 0.123. The number of carboxylic acids is 1. The van der Waals surface area contributed by atoms with Gasteiger partial charge >= 0.3 is 5.97 Å². The third-order valence-electron chi connectivity index (χ3n) is 8.24. The van der Waals surface area contributed by atoms with Gasteiger partial charge in [-0.05, 0) is 38.7 Å². The lowest BCUT2D eigenvalue weighted by Gasteiger charge is -2.28. The van der Waals surface area contributed by atoms with E-state index in [0.717, 1.165) is 24.8 Å². The number of benzene rings is 1. The fraction of sp³-hybridized carbons (Fsp3) is 0.676. The summed E-state index contributed by atoms with van der Waals surface area (Å²) in [6.07, 6.45) is 14.6. The summed E-state index contributed by atoms with van der Waals surface area (Å²) in [5.41, 5.74) is 0.774. The number of unbranched alkanes of at least 4 members (excludes halogenated alkanes) is 10. The molecule has 1 fully saturated rings. The molecule has 0 radical (unpaired) electrons. The van der Waals surface area contributed by atoms with E-state index in [4.69, 9.17) is 0 Å². The van der Waals surface area contributed by atoms with Gasteiger partial charge in [-0.2, -0.15) is 0 Å². The molecule has 10 heteroatoms. The standard InChI is InChI=1S/C34H54N4O6/c1-4-5-6-7-8-9-10-11-12-13-17-22-30(39)35-25(2)31(40)36-26(3)33(42)38-23-18-21-29(38)32(41)37-28(34(43)44)24-27-19-15-14-16-20-27/h14-16,19-20,25-26,28-29H,4-13,17-18,21-24H2,1-3H3,(H,35,39)(H,36,40)(H,37,41)(H,43,44)/t25-,26-,28+,29-/m0/s1. The Morgan fingerprint density at radius 2 is 1.41 bits per heavy atom. The van der Waals surface area contributed by atoms with Crippen molar-refractivity contribution in [1.82, 2.24) is 20.9 Å². The number of aliphatic carboxylic acids is 1. The first kappa shape index (κ1) is 36.8. The molecule has 44 heavy (non-hydrogen) atoms. The summed E-state index contributed by atoms with van der Waals surface area (Å²) in [6, 6.07) is 5.34. The van der Waals surface area contributed by atoms with Gasteiger partial charge in [0.25, 0.3) is 0 Å². The molecule has 2 rings (SSSR count). The number of carbonyl (C=O) groups is 5. The molecule has 0 saturated carbocycles. The molecule has 0 bridgehead atoms. The molecule has 1 heterocycles. The Labute approximate surface area is 263 Å². The van der Waals surface area contributed by atoms with Crippen LogP contribution in [-0.4, -0.2) is 70.3 Å². The molecule has 246 valence electrons. The maximum atomic E-state index is 13.2. The van der Waals surface area contributed by atoms with E-state index < -0.39 is 47.9 Å². The van der Waals surface area contributed by atoms with Crippen molar-refractivity contribution >= 4 is 29.6 Å². The molecule has 1 aromatic carbocycles. The van der Waals surface area contributed by atoms with Gasteiger partial charge in [-0.1, -0.05) is 101 Å². The fourth-order valence-electron chi connectivity index (χ4n) is 5.60. The number of nitrogens with one attached hydrogen (secondary N) is 3. The third-order valence-corrected chi connectivity index (χ3v) is 8.24. The van der Waals surface area contributed by atoms with Crippen LogP contribution in [0, 0.1) is 0 Å². The quantitative estimate of drug-likeness (QED) is 0.150. The highest BCUT2D eigenvalue weighted by atomic mass is 16.4. The first-order valence-electron chi connectivity index (χ1n) is 16.6. The molecule has 1 aromatic rings. The fourth-order valence-corrected chi connectivity index (χ4v) is 5.60. The van der Waals surface area contributed by atoms with Gasteiger partial charge in [0.15, 0.2) is 0 Å². The SMILES string of the molecule is CCCCCCCCCCCCCC(=O)N[C@@H](C)C(=O)N[C@@H](C)C(=O)N1CCC[C@H]1C(=O)N[C@H](Cc1ccccc1)C(=O)O. The van der Waals surface area contributed by atoms with Crippen LogP contribution in [0.5, 0.6) is 0 Å². The normalized spacial score (nSPS) is 16.5. The van der Waals surface area contributed by atoms with Crippen molar-refractivity contribution in [1.29, 1.82) is 0 Å². The van der Waals surface area contributed by atoms with Gasteiger partial charge in [0.1, 0.15) is 24.2 Å². The van der Waals surface area contributed by atoms with Gasteiger partial charge in [0.2, 0.25) is 23.6 Å². The summed E-state index contributed by atoms with van der Waals surface area (Å²) in [5.74, 6) is -2.78. The van der Waals surface area contributed by atoms with Crippen LogP contribution in [0.15, 0.2) is 30.3 Å². The van der Waals surface area contributed by atoms with Gasteiger partial charge in [-0.3, -0.25) is 19.2 Å². The molecular formula is C34H54N4O6. The highest BCUT2D eigenvalue weighted by Crippen LogP contribution is 2.19. The summed E-state index contributed by atoms with van der Waals surface area (Å²) >= 11 is 0. The lowest BCUT2D eigenvalue weighted by atomic mass is 10.1. The number of carbonyl (C=O) groups excluding carboxylic acids is 4. The van der Waals surface area contributed by atoms with Gasteiger partial charge in [0, 0.05) is 19.4 Å². The Morgan fingerprint density at radius 1 is 0.818 bits per heavy atom. The van der Waals surface area contributed by atoms with E-state index in [1.165, 1.54) is 56.3 Å². The van der Waals surface area contributed by atoms with E-state index in [1.54, 1.807) is 38.1 Å². The van der Waals surface area contributed by atoms with Crippen molar-refractivity contribution in [2.24, 2.45) is 0 Å². The van der Waals surface area contributed by atoms with Gasteiger partial charge in [-0.15, -0.1) is 0 Å². The van der Waals surface area contributed by atoms with Crippen LogP contribution < -0.4 is 16.0 Å². The monoisotopic (exact) mass is 614 g/mol. The first-order chi connectivity index (χ1) is 21.1. The number of amides is 4. The van der Waals surface area contributed by atoms with Crippen LogP contribution in [0.2, 0.25) is 0 Å². The van der Waals surface area contributed by atoms with Crippen molar-refractivity contribution in [3.63, 3.8) is 0 Å². The molecule has 0 aromatic heterocycles. The molecule has 0 spiro atoms. The lowest BCUT2D eigenvalue weighted by Crippen LogP contribution is -2.56. The third kappa shape index (κ3) is 13.5. The number of hydrogen-bond donors (Lipinski definition) is 4. The predicted molar refractivity (Wildman–Crippen MR) is 171 cm³/mol. The van der Waals surface area contributed by atoms with Crippen LogP contribution in [0.1, 0.15) is 116 Å². The molecule has 1 aliphatic heterocycles. The van der Waals surface area contributed by atoms with Gasteiger partial charge in [-0.25, -0.2) is 4.79 Å². The van der Waals surface area contributed by atoms with Crippen LogP contribution >= 0.6 is 0 Å². The minimum Gasteiger partial charge on any atom is -0.480 e. The van der Waals surface area contributed by atoms with Crippen molar-refractivity contribution in [2.75, 3.05) is 6.54 Å². The van der Waals surface area contributed by atoms with E-state index in [2.05, 4.69) is 22.9 Å². The summed E-state index contributed by atoms with van der Waals surface area (Å²) in [7, 11) is 0. The number of likely N-dealkylation sites (tertiary alicyclic amines) is 1. The van der Waals surface area contributed by atoms with Crippen LogP contribution in [0.3, 0.4) is 0 Å². The zero-order valence-corrected chi connectivity index (χ0v) is 26.9. The maximum Gasteiger partial charge on any atom is 0.326 e. The zero-order valence-electron chi connectivity index (χ0n) is 26.9. The van der Waals surface area contributed by atoms with Gasteiger partial charge < -0.3 is 26.0 Å². The highest BCUT2D eigenvalue weighted by Gasteiger charge is 2.38. The van der Waals surface area contributed by atoms with E-state index in [0.29, 0.717) is 25.8 Å².